The Morgan fingerprint density at radius 2 is 2.15 bits per heavy atom. The number of hydrogen-bond acceptors (Lipinski definition) is 7. The summed E-state index contributed by atoms with van der Waals surface area (Å²) in [6.07, 6.45) is 1.55. The van der Waals surface area contributed by atoms with Gasteiger partial charge in [-0.05, 0) is 37.3 Å². The van der Waals surface area contributed by atoms with E-state index in [0.717, 1.165) is 0 Å². The van der Waals surface area contributed by atoms with Crippen molar-refractivity contribution in [2.75, 3.05) is 10.6 Å². The molecular formula is C16H13ClFN5OS2. The number of carbonyl (C=O) groups is 1. The summed E-state index contributed by atoms with van der Waals surface area (Å²) in [4.78, 5) is 16.2. The highest BCUT2D eigenvalue weighted by Crippen LogP contribution is 2.31. The lowest BCUT2D eigenvalue weighted by Gasteiger charge is -2.10. The fourth-order valence-corrected chi connectivity index (χ4v) is 4.00. The molecule has 0 fully saturated rings. The number of anilines is 3. The average Bonchev–Trinajstić information content (AvgIpc) is 3.03. The molecule has 0 saturated heterocycles. The number of rotatable bonds is 6. The molecule has 0 bridgehead atoms. The van der Waals surface area contributed by atoms with Crippen LogP contribution in [0.4, 0.5) is 20.9 Å². The zero-order valence-corrected chi connectivity index (χ0v) is 15.8. The van der Waals surface area contributed by atoms with Gasteiger partial charge in [0.1, 0.15) is 5.82 Å². The van der Waals surface area contributed by atoms with Crippen LogP contribution in [0.3, 0.4) is 0 Å². The second-order valence-electron chi connectivity index (χ2n) is 5.10. The van der Waals surface area contributed by atoms with Crippen LogP contribution in [0.1, 0.15) is 6.92 Å². The molecule has 6 nitrogen and oxygen atoms in total. The van der Waals surface area contributed by atoms with E-state index >= 15 is 0 Å². The lowest BCUT2D eigenvalue weighted by molar-refractivity contribution is -0.115. The van der Waals surface area contributed by atoms with Crippen LogP contribution in [0.15, 0.2) is 46.9 Å². The lowest BCUT2D eigenvalue weighted by Crippen LogP contribution is -2.22. The van der Waals surface area contributed by atoms with Gasteiger partial charge in [0.25, 0.3) is 0 Å². The number of carbonyl (C=O) groups excluding carboxylic acids is 1. The molecule has 3 aromatic rings. The highest BCUT2D eigenvalue weighted by atomic mass is 35.5. The van der Waals surface area contributed by atoms with E-state index in [1.54, 1.807) is 37.4 Å². The molecule has 1 aromatic carbocycles. The van der Waals surface area contributed by atoms with Crippen molar-refractivity contribution in [2.24, 2.45) is 0 Å². The van der Waals surface area contributed by atoms with Crippen LogP contribution in [-0.4, -0.2) is 26.3 Å². The fourth-order valence-electron chi connectivity index (χ4n) is 1.92. The van der Waals surface area contributed by atoms with Crippen molar-refractivity contribution in [3.05, 3.63) is 53.6 Å². The van der Waals surface area contributed by atoms with Crippen LogP contribution < -0.4 is 10.6 Å². The number of pyridine rings is 1. The molecule has 1 atom stereocenters. The Morgan fingerprint density at radius 3 is 2.92 bits per heavy atom. The number of amides is 1. The number of nitrogens with one attached hydrogen (secondary N) is 2. The van der Waals surface area contributed by atoms with Gasteiger partial charge in [-0.1, -0.05) is 40.8 Å². The van der Waals surface area contributed by atoms with Crippen molar-refractivity contribution >= 4 is 57.1 Å². The Balaban J connectivity index is 1.59. The van der Waals surface area contributed by atoms with Crippen LogP contribution >= 0.6 is 34.7 Å². The first-order valence-electron chi connectivity index (χ1n) is 7.45. The highest BCUT2D eigenvalue weighted by molar-refractivity contribution is 8.02. The Bertz CT molecular complexity index is 923. The number of nitrogens with zero attached hydrogens (tertiary/aromatic N) is 3. The molecule has 0 saturated carbocycles. The predicted octanol–water partition coefficient (Wildman–Crippen LogP) is 4.59. The minimum atomic E-state index is -0.416. The molecule has 0 aliphatic carbocycles. The molecule has 26 heavy (non-hydrogen) atoms. The number of halogens is 2. The van der Waals surface area contributed by atoms with E-state index in [1.807, 2.05) is 0 Å². The van der Waals surface area contributed by atoms with Gasteiger partial charge in [0, 0.05) is 11.9 Å². The lowest BCUT2D eigenvalue weighted by atomic mass is 10.3. The summed E-state index contributed by atoms with van der Waals surface area (Å²) in [6.45, 7) is 1.76. The SMILES string of the molecule is C[C@H](Sc1nnc(Nc2cccc(F)c2)s1)C(=O)Nc1cccnc1Cl. The molecule has 2 heterocycles. The van der Waals surface area contributed by atoms with Gasteiger partial charge in [-0.25, -0.2) is 9.37 Å². The first-order chi connectivity index (χ1) is 12.5. The summed E-state index contributed by atoms with van der Waals surface area (Å²) in [5.74, 6) is -0.562. The maximum Gasteiger partial charge on any atom is 0.237 e. The highest BCUT2D eigenvalue weighted by Gasteiger charge is 2.18. The van der Waals surface area contributed by atoms with Crippen molar-refractivity contribution in [2.45, 2.75) is 16.5 Å². The van der Waals surface area contributed by atoms with E-state index in [2.05, 4.69) is 25.8 Å². The summed E-state index contributed by atoms with van der Waals surface area (Å²) in [7, 11) is 0. The van der Waals surface area contributed by atoms with Crippen LogP contribution in [0, 0.1) is 5.82 Å². The number of aromatic nitrogens is 3. The third-order valence-corrected chi connectivity index (χ3v) is 5.47. The van der Waals surface area contributed by atoms with Crippen molar-refractivity contribution in [1.29, 1.82) is 0 Å². The maximum absolute atomic E-state index is 13.2. The van der Waals surface area contributed by atoms with Crippen molar-refractivity contribution < 1.29 is 9.18 Å². The minimum Gasteiger partial charge on any atom is -0.330 e. The molecule has 0 unspecified atom stereocenters. The molecule has 0 aliphatic heterocycles. The molecule has 10 heteroatoms. The maximum atomic E-state index is 13.2. The van der Waals surface area contributed by atoms with Crippen LogP contribution in [0.2, 0.25) is 5.15 Å². The van der Waals surface area contributed by atoms with Gasteiger partial charge in [0.2, 0.25) is 11.0 Å². The van der Waals surface area contributed by atoms with Crippen molar-refractivity contribution in [3.8, 4) is 0 Å². The molecule has 134 valence electrons. The Morgan fingerprint density at radius 1 is 1.31 bits per heavy atom. The van der Waals surface area contributed by atoms with Gasteiger partial charge in [-0.2, -0.15) is 0 Å². The van der Waals surface area contributed by atoms with Gasteiger partial charge < -0.3 is 10.6 Å². The topological polar surface area (TPSA) is 79.8 Å². The molecule has 0 radical (unpaired) electrons. The van der Waals surface area contributed by atoms with Gasteiger partial charge in [0.15, 0.2) is 9.49 Å². The third-order valence-electron chi connectivity index (χ3n) is 3.15. The van der Waals surface area contributed by atoms with Gasteiger partial charge in [-0.3, -0.25) is 4.79 Å². The van der Waals surface area contributed by atoms with Crippen molar-refractivity contribution in [3.63, 3.8) is 0 Å². The quantitative estimate of drug-likeness (QED) is 0.458. The number of benzene rings is 1. The fraction of sp³-hybridized carbons (Fsp3) is 0.125. The zero-order valence-electron chi connectivity index (χ0n) is 13.4. The largest absolute Gasteiger partial charge is 0.330 e. The smallest absolute Gasteiger partial charge is 0.237 e. The van der Waals surface area contributed by atoms with Gasteiger partial charge >= 0.3 is 0 Å². The normalized spacial score (nSPS) is 11.8. The molecule has 0 spiro atoms. The minimum absolute atomic E-state index is 0.222. The Hall–Kier alpha value is -2.23. The molecule has 1 amide bonds. The third kappa shape index (κ3) is 4.90. The van der Waals surface area contributed by atoms with Crippen LogP contribution in [0.5, 0.6) is 0 Å². The van der Waals surface area contributed by atoms with E-state index in [9.17, 15) is 9.18 Å². The van der Waals surface area contributed by atoms with Gasteiger partial charge in [0.05, 0.1) is 10.9 Å². The molecule has 3 rings (SSSR count). The molecule has 2 N–H and O–H groups in total. The first-order valence-corrected chi connectivity index (χ1v) is 9.53. The van der Waals surface area contributed by atoms with E-state index in [-0.39, 0.29) is 16.9 Å². The van der Waals surface area contributed by atoms with Crippen molar-refractivity contribution in [1.82, 2.24) is 15.2 Å². The first kappa shape index (κ1) is 18.6. The zero-order chi connectivity index (χ0) is 18.5. The van der Waals surface area contributed by atoms with E-state index < -0.39 is 5.25 Å². The molecular weight excluding hydrogens is 397 g/mol. The van der Waals surface area contributed by atoms with Crippen LogP contribution in [-0.2, 0) is 4.79 Å². The number of hydrogen-bond donors (Lipinski definition) is 2. The summed E-state index contributed by atoms with van der Waals surface area (Å²) < 4.78 is 13.8. The summed E-state index contributed by atoms with van der Waals surface area (Å²) in [5.41, 5.74) is 1.03. The van der Waals surface area contributed by atoms with Gasteiger partial charge in [-0.15, -0.1) is 10.2 Å². The monoisotopic (exact) mass is 409 g/mol. The summed E-state index contributed by atoms with van der Waals surface area (Å²) in [6, 6.07) is 9.42. The van der Waals surface area contributed by atoms with E-state index in [4.69, 9.17) is 11.6 Å². The molecule has 0 aliphatic rings. The Kier molecular flexibility index (Phi) is 6.02. The second-order valence-corrected chi connectivity index (χ2v) is 8.02. The Labute approximate surface area is 162 Å². The van der Waals surface area contributed by atoms with Crippen LogP contribution in [0.25, 0.3) is 0 Å². The summed E-state index contributed by atoms with van der Waals surface area (Å²) >= 11 is 8.48. The average molecular weight is 410 g/mol. The second kappa shape index (κ2) is 8.43. The summed E-state index contributed by atoms with van der Waals surface area (Å²) in [5, 5.41) is 14.1. The van der Waals surface area contributed by atoms with E-state index in [0.29, 0.717) is 20.8 Å². The number of thioether (sulfide) groups is 1. The van der Waals surface area contributed by atoms with E-state index in [1.165, 1.54) is 35.2 Å². The predicted molar refractivity (Wildman–Crippen MR) is 103 cm³/mol. The molecule has 2 aromatic heterocycles. The standard InChI is InChI=1S/C16H13ClFN5OS2/c1-9(14(24)21-12-6-3-7-19-13(12)17)25-16-23-22-15(26-16)20-11-5-2-4-10(18)8-11/h2-9H,1H3,(H,20,22)(H,21,24)/t9-/m0/s1.